The minimum atomic E-state index is 0.750. The molecule has 13 atom stereocenters. The molecule has 5 aliphatic carbocycles. The smallest absolute Gasteiger partial charge is 0.0104 e. The Bertz CT molecular complexity index is 1230. The molecule has 65 heavy (non-hydrogen) atoms. The van der Waals surface area contributed by atoms with Crippen molar-refractivity contribution in [3.05, 3.63) is 12.2 Å². The molecule has 2 heteroatoms. The van der Waals surface area contributed by atoms with Gasteiger partial charge in [0.15, 0.2) is 0 Å². The number of nitrogens with zero attached hydrogens (tertiary/aromatic N) is 2. The first kappa shape index (κ1) is 55.6. The Labute approximate surface area is 409 Å². The van der Waals surface area contributed by atoms with Crippen LogP contribution in [0.1, 0.15) is 282 Å². The van der Waals surface area contributed by atoms with Gasteiger partial charge in [-0.3, -0.25) is 9.80 Å². The normalized spacial score (nSPS) is 36.7. The molecule has 12 unspecified atom stereocenters. The van der Waals surface area contributed by atoms with Gasteiger partial charge in [0.1, 0.15) is 0 Å². The van der Waals surface area contributed by atoms with Gasteiger partial charge < -0.3 is 0 Å². The Morgan fingerprint density at radius 2 is 1.03 bits per heavy atom. The standard InChI is InChI=1S/C63H118N2/c1-13-19-23-51(17-5)63-49(11)31-39-58(65(56-35-27-47(9)28-36-56)57-37-29-48(10)30-38-57)40-42-60(53-33-32-52(24-20-14-2)50(12)44-53)61-43-41-59(45-62(61)63)64(54(18-6)34-26-46(7)8)55(22-16-4)25-21-15-3/h32-33,46-63H,13-31,34-45H2,1-12H3/t47?,48?,49?,50?,51?,52-,53?,54?,55?,56?,57?,58?,59?,60?,61?,62?,63?/m0/s1. The quantitative estimate of drug-likeness (QED) is 0.0891. The van der Waals surface area contributed by atoms with Crippen LogP contribution in [0.15, 0.2) is 12.2 Å². The zero-order valence-electron chi connectivity index (χ0n) is 46.4. The first-order valence-corrected chi connectivity index (χ1v) is 30.7. The van der Waals surface area contributed by atoms with E-state index in [1.165, 1.54) is 199 Å². The molecule has 5 aliphatic rings. The summed E-state index contributed by atoms with van der Waals surface area (Å²) in [6.07, 6.45) is 50.2. The SMILES string of the molecule is CCCCC(CC)C1C(C)CCC(N(C2CCC(C)CC2)C2CCC(C)CC2)CCC(C2C=C[C@H](CCCC)C(C)C2)C2CCC(N(C(CC)CCC(C)C)C(CCC)CCCC)CC21. The molecule has 0 N–H and O–H groups in total. The van der Waals surface area contributed by atoms with E-state index < -0.39 is 0 Å². The Morgan fingerprint density at radius 3 is 1.58 bits per heavy atom. The molecule has 0 saturated heterocycles. The van der Waals surface area contributed by atoms with Crippen LogP contribution < -0.4 is 0 Å². The number of rotatable bonds is 24. The molecule has 4 saturated carbocycles. The van der Waals surface area contributed by atoms with Gasteiger partial charge in [0.25, 0.3) is 0 Å². The lowest BCUT2D eigenvalue weighted by molar-refractivity contribution is -0.0511. The van der Waals surface area contributed by atoms with E-state index in [0.717, 1.165) is 107 Å². The van der Waals surface area contributed by atoms with Crippen LogP contribution in [0.2, 0.25) is 0 Å². The van der Waals surface area contributed by atoms with Gasteiger partial charge in [-0.25, -0.2) is 0 Å². The number of hydrogen-bond donors (Lipinski definition) is 0. The maximum atomic E-state index is 3.35. The fourth-order valence-corrected chi connectivity index (χ4v) is 16.5. The van der Waals surface area contributed by atoms with Gasteiger partial charge in [-0.2, -0.15) is 0 Å². The number of unbranched alkanes of at least 4 members (excludes halogenated alkanes) is 3. The zero-order chi connectivity index (χ0) is 46.9. The van der Waals surface area contributed by atoms with Crippen molar-refractivity contribution in [1.82, 2.24) is 9.80 Å². The lowest BCUT2D eigenvalue weighted by Gasteiger charge is -2.55. The van der Waals surface area contributed by atoms with Crippen LogP contribution in [0.5, 0.6) is 0 Å². The number of allylic oxidation sites excluding steroid dienone is 2. The van der Waals surface area contributed by atoms with Gasteiger partial charge in [0, 0.05) is 36.3 Å². The third kappa shape index (κ3) is 15.8. The molecule has 0 heterocycles. The fourth-order valence-electron chi connectivity index (χ4n) is 16.5. The summed E-state index contributed by atoms with van der Waals surface area (Å²) < 4.78 is 0. The predicted octanol–water partition coefficient (Wildman–Crippen LogP) is 19.2. The molecular weight excluding hydrogens is 785 g/mol. The monoisotopic (exact) mass is 903 g/mol. The van der Waals surface area contributed by atoms with E-state index in [9.17, 15) is 0 Å². The minimum Gasteiger partial charge on any atom is -0.294 e. The van der Waals surface area contributed by atoms with Crippen LogP contribution >= 0.6 is 0 Å². The highest BCUT2D eigenvalue weighted by atomic mass is 15.2. The van der Waals surface area contributed by atoms with Gasteiger partial charge in [-0.15, -0.1) is 0 Å². The van der Waals surface area contributed by atoms with E-state index in [2.05, 4.69) is 105 Å². The molecule has 4 fully saturated rings. The second-order valence-corrected chi connectivity index (χ2v) is 25.5. The van der Waals surface area contributed by atoms with Crippen molar-refractivity contribution in [2.24, 2.45) is 71.0 Å². The molecule has 2 nitrogen and oxygen atoms in total. The summed E-state index contributed by atoms with van der Waals surface area (Å²) in [5, 5.41) is 0. The molecule has 0 aromatic carbocycles. The lowest BCUT2D eigenvalue weighted by atomic mass is 9.55. The van der Waals surface area contributed by atoms with Crippen molar-refractivity contribution in [1.29, 1.82) is 0 Å². The van der Waals surface area contributed by atoms with Crippen LogP contribution in [0.3, 0.4) is 0 Å². The van der Waals surface area contributed by atoms with Gasteiger partial charge in [-0.05, 0) is 212 Å². The van der Waals surface area contributed by atoms with Crippen LogP contribution in [0.25, 0.3) is 0 Å². The largest absolute Gasteiger partial charge is 0.294 e. The van der Waals surface area contributed by atoms with E-state index in [1.807, 2.05) is 0 Å². The first-order chi connectivity index (χ1) is 31.5. The Morgan fingerprint density at radius 1 is 0.462 bits per heavy atom. The third-order valence-corrected chi connectivity index (χ3v) is 20.4. The lowest BCUT2D eigenvalue weighted by Crippen LogP contribution is -2.55. The van der Waals surface area contributed by atoms with Crippen molar-refractivity contribution in [2.75, 3.05) is 0 Å². The summed E-state index contributed by atoms with van der Waals surface area (Å²) in [5.41, 5.74) is 0. The van der Waals surface area contributed by atoms with Crippen molar-refractivity contribution < 1.29 is 0 Å². The van der Waals surface area contributed by atoms with Gasteiger partial charge in [0.05, 0.1) is 0 Å². The number of hydrogen-bond acceptors (Lipinski definition) is 2. The second-order valence-electron chi connectivity index (χ2n) is 25.5. The van der Waals surface area contributed by atoms with Crippen LogP contribution in [0, 0.1) is 71.0 Å². The molecule has 0 aromatic rings. The summed E-state index contributed by atoms with van der Waals surface area (Å²) in [4.78, 5) is 6.68. The van der Waals surface area contributed by atoms with Gasteiger partial charge in [0.2, 0.25) is 0 Å². The molecule has 0 aliphatic heterocycles. The molecular formula is C63H118N2. The minimum absolute atomic E-state index is 0.750. The Hall–Kier alpha value is -0.340. The van der Waals surface area contributed by atoms with E-state index in [0.29, 0.717) is 0 Å². The molecule has 0 bridgehead atoms. The van der Waals surface area contributed by atoms with E-state index in [4.69, 9.17) is 0 Å². The summed E-state index contributed by atoms with van der Waals surface area (Å²) in [6.45, 7) is 30.6. The molecule has 0 aromatic heterocycles. The van der Waals surface area contributed by atoms with Gasteiger partial charge in [-0.1, -0.05) is 153 Å². The Kier molecular flexibility index (Phi) is 24.9. The summed E-state index contributed by atoms with van der Waals surface area (Å²) in [7, 11) is 0. The molecule has 0 spiro atoms. The fraction of sp³-hybridized carbons (Fsp3) is 0.968. The average Bonchev–Trinajstić information content (AvgIpc) is 3.30. The summed E-state index contributed by atoms with van der Waals surface area (Å²) in [5.74, 6) is 10.3. The van der Waals surface area contributed by atoms with E-state index in [-0.39, 0.29) is 0 Å². The predicted molar refractivity (Wildman–Crippen MR) is 289 cm³/mol. The number of fused-ring (bicyclic) bond motifs is 1. The highest BCUT2D eigenvalue weighted by Gasteiger charge is 2.49. The van der Waals surface area contributed by atoms with E-state index >= 15 is 0 Å². The Balaban J connectivity index is 1.61. The molecule has 5 rings (SSSR count). The molecule has 0 radical (unpaired) electrons. The van der Waals surface area contributed by atoms with Gasteiger partial charge >= 0.3 is 0 Å². The zero-order valence-corrected chi connectivity index (χ0v) is 46.4. The molecule has 380 valence electrons. The van der Waals surface area contributed by atoms with Crippen molar-refractivity contribution in [3.63, 3.8) is 0 Å². The van der Waals surface area contributed by atoms with Crippen molar-refractivity contribution >= 4 is 0 Å². The van der Waals surface area contributed by atoms with Crippen LogP contribution in [-0.4, -0.2) is 46.1 Å². The first-order valence-electron chi connectivity index (χ1n) is 30.7. The topological polar surface area (TPSA) is 6.48 Å². The maximum absolute atomic E-state index is 3.35. The average molecular weight is 904 g/mol. The third-order valence-electron chi connectivity index (χ3n) is 20.4. The van der Waals surface area contributed by atoms with Crippen LogP contribution in [0.4, 0.5) is 0 Å². The maximum Gasteiger partial charge on any atom is 0.0104 e. The van der Waals surface area contributed by atoms with Crippen LogP contribution in [-0.2, 0) is 0 Å². The molecule has 0 amide bonds. The van der Waals surface area contributed by atoms with E-state index in [1.54, 1.807) is 0 Å². The summed E-state index contributed by atoms with van der Waals surface area (Å²) in [6, 6.07) is 4.76. The van der Waals surface area contributed by atoms with Crippen molar-refractivity contribution in [3.8, 4) is 0 Å². The highest BCUT2D eigenvalue weighted by Crippen LogP contribution is 2.54. The second kappa shape index (κ2) is 29.1. The van der Waals surface area contributed by atoms with Crippen molar-refractivity contribution in [2.45, 2.75) is 318 Å². The highest BCUT2D eigenvalue weighted by molar-refractivity contribution is 5.07. The summed E-state index contributed by atoms with van der Waals surface area (Å²) >= 11 is 0.